The lowest BCUT2D eigenvalue weighted by Gasteiger charge is -2.26. The van der Waals surface area contributed by atoms with Crippen LogP contribution >= 0.6 is 0 Å². The van der Waals surface area contributed by atoms with Crippen LogP contribution in [-0.2, 0) is 13.1 Å². The van der Waals surface area contributed by atoms with Crippen molar-refractivity contribution in [2.24, 2.45) is 0 Å². The van der Waals surface area contributed by atoms with Crippen molar-refractivity contribution in [3.8, 4) is 5.69 Å². The fourth-order valence-corrected chi connectivity index (χ4v) is 3.30. The van der Waals surface area contributed by atoms with Gasteiger partial charge in [0.2, 0.25) is 0 Å². The minimum absolute atomic E-state index is 0.0673. The molecule has 1 atom stereocenters. The van der Waals surface area contributed by atoms with Crippen molar-refractivity contribution >= 4 is 6.03 Å². The van der Waals surface area contributed by atoms with Gasteiger partial charge >= 0.3 is 6.03 Å². The van der Waals surface area contributed by atoms with E-state index in [0.717, 1.165) is 23.4 Å². The average molecular weight is 416 g/mol. The molecule has 1 unspecified atom stereocenters. The number of urea groups is 1. The Morgan fingerprint density at radius 1 is 1.03 bits per heavy atom. The number of aromatic nitrogens is 5. The fraction of sp³-hybridized carbons (Fsp3) is 0.217. The zero-order chi connectivity index (χ0) is 21.6. The zero-order valence-electron chi connectivity index (χ0n) is 17.6. The Bertz CT molecular complexity index is 1090. The summed E-state index contributed by atoms with van der Waals surface area (Å²) in [7, 11) is 1.81. The first-order chi connectivity index (χ1) is 15.1. The summed E-state index contributed by atoms with van der Waals surface area (Å²) in [6.07, 6.45) is 8.66. The number of carbonyl (C=O) groups is 1. The van der Waals surface area contributed by atoms with E-state index in [1.165, 1.54) is 11.9 Å². The normalized spacial score (nSPS) is 11.8. The monoisotopic (exact) mass is 415 g/mol. The largest absolute Gasteiger partial charge is 0.334 e. The van der Waals surface area contributed by atoms with E-state index in [0.29, 0.717) is 6.54 Å². The van der Waals surface area contributed by atoms with Crippen molar-refractivity contribution in [2.45, 2.75) is 26.1 Å². The van der Waals surface area contributed by atoms with Crippen molar-refractivity contribution < 1.29 is 4.79 Å². The number of nitrogens with one attached hydrogen (secondary N) is 1. The highest BCUT2D eigenvalue weighted by atomic mass is 16.2. The Morgan fingerprint density at radius 3 is 2.42 bits per heavy atom. The van der Waals surface area contributed by atoms with Gasteiger partial charge in [0.25, 0.3) is 0 Å². The average Bonchev–Trinajstić information content (AvgIpc) is 3.52. The van der Waals surface area contributed by atoms with Gasteiger partial charge in [0.15, 0.2) is 0 Å². The summed E-state index contributed by atoms with van der Waals surface area (Å²) in [5.74, 6) is 0. The number of hydrogen-bond donors (Lipinski definition) is 1. The van der Waals surface area contributed by atoms with Crippen LogP contribution < -0.4 is 5.32 Å². The third-order valence-corrected chi connectivity index (χ3v) is 5.35. The molecule has 0 fully saturated rings. The second-order valence-electron chi connectivity index (χ2n) is 7.43. The topological polar surface area (TPSA) is 80.9 Å². The van der Waals surface area contributed by atoms with E-state index in [2.05, 4.69) is 32.5 Å². The molecule has 0 aliphatic heterocycles. The molecule has 1 N–H and O–H groups in total. The van der Waals surface area contributed by atoms with Crippen molar-refractivity contribution in [1.82, 2.24) is 34.5 Å². The fourth-order valence-electron chi connectivity index (χ4n) is 3.30. The van der Waals surface area contributed by atoms with Crippen LogP contribution in [0.5, 0.6) is 0 Å². The molecule has 0 bridgehead atoms. The maximum atomic E-state index is 12.6. The molecule has 0 saturated carbocycles. The highest BCUT2D eigenvalue weighted by Crippen LogP contribution is 2.20. The SMILES string of the molecule is CC(c1ccc(-n2cncn2)cc1)N(C)C(=O)NCc1ccc(Cn2ccnc2)cc1. The van der Waals surface area contributed by atoms with Gasteiger partial charge in [-0.1, -0.05) is 36.4 Å². The van der Waals surface area contributed by atoms with Crippen LogP contribution in [0.4, 0.5) is 4.79 Å². The molecule has 8 heteroatoms. The predicted octanol–water partition coefficient (Wildman–Crippen LogP) is 3.41. The van der Waals surface area contributed by atoms with Gasteiger partial charge in [-0.25, -0.2) is 19.4 Å². The lowest BCUT2D eigenvalue weighted by atomic mass is 10.1. The third-order valence-electron chi connectivity index (χ3n) is 5.35. The number of imidazole rings is 1. The Labute approximate surface area is 181 Å². The summed E-state index contributed by atoms with van der Waals surface area (Å²) in [5.41, 5.74) is 4.22. The van der Waals surface area contributed by atoms with E-state index in [4.69, 9.17) is 0 Å². The minimum Gasteiger partial charge on any atom is -0.334 e. The van der Waals surface area contributed by atoms with Crippen LogP contribution in [0.3, 0.4) is 0 Å². The van der Waals surface area contributed by atoms with Crippen molar-refractivity contribution in [3.05, 3.63) is 96.6 Å². The molecular formula is C23H25N7O. The van der Waals surface area contributed by atoms with E-state index in [1.54, 1.807) is 35.5 Å². The van der Waals surface area contributed by atoms with Crippen LogP contribution in [0.15, 0.2) is 79.9 Å². The van der Waals surface area contributed by atoms with E-state index < -0.39 is 0 Å². The van der Waals surface area contributed by atoms with Gasteiger partial charge in [-0.2, -0.15) is 5.10 Å². The minimum atomic E-state index is -0.115. The molecule has 0 spiro atoms. The molecule has 4 rings (SSSR count). The molecule has 0 radical (unpaired) electrons. The molecule has 8 nitrogen and oxygen atoms in total. The molecule has 158 valence electrons. The molecule has 4 aromatic rings. The van der Waals surface area contributed by atoms with E-state index in [-0.39, 0.29) is 12.1 Å². The van der Waals surface area contributed by atoms with Gasteiger partial charge < -0.3 is 14.8 Å². The lowest BCUT2D eigenvalue weighted by molar-refractivity contribution is 0.194. The maximum Gasteiger partial charge on any atom is 0.317 e. The first-order valence-electron chi connectivity index (χ1n) is 10.1. The molecule has 0 aliphatic carbocycles. The van der Waals surface area contributed by atoms with Gasteiger partial charge in [-0.05, 0) is 35.7 Å². The van der Waals surface area contributed by atoms with Crippen molar-refractivity contribution in [2.75, 3.05) is 7.05 Å². The standard InChI is InChI=1S/C23H25N7O/c1-18(21-7-9-22(10-8-21)30-17-25-15-27-30)28(2)23(31)26-13-19-3-5-20(6-4-19)14-29-12-11-24-16-29/h3-12,15-18H,13-14H2,1-2H3,(H,26,31). The first kappa shape index (κ1) is 20.3. The summed E-state index contributed by atoms with van der Waals surface area (Å²) < 4.78 is 3.72. The Balaban J connectivity index is 1.30. The Morgan fingerprint density at radius 2 is 1.77 bits per heavy atom. The van der Waals surface area contributed by atoms with Gasteiger partial charge in [0.1, 0.15) is 12.7 Å². The van der Waals surface area contributed by atoms with Gasteiger partial charge in [-0.3, -0.25) is 0 Å². The highest BCUT2D eigenvalue weighted by Gasteiger charge is 2.17. The second-order valence-corrected chi connectivity index (χ2v) is 7.43. The smallest absolute Gasteiger partial charge is 0.317 e. The zero-order valence-corrected chi connectivity index (χ0v) is 17.6. The molecule has 0 saturated heterocycles. The Hall–Kier alpha value is -3.94. The van der Waals surface area contributed by atoms with E-state index in [1.807, 2.05) is 54.1 Å². The highest BCUT2D eigenvalue weighted by molar-refractivity contribution is 5.74. The molecule has 2 aromatic carbocycles. The molecule has 0 aliphatic rings. The maximum absolute atomic E-state index is 12.6. The summed E-state index contributed by atoms with van der Waals surface area (Å²) in [6.45, 7) is 3.27. The number of rotatable bonds is 7. The van der Waals surface area contributed by atoms with Crippen LogP contribution in [0.2, 0.25) is 0 Å². The molecule has 2 aromatic heterocycles. The summed E-state index contributed by atoms with van der Waals surface area (Å²) in [5, 5.41) is 7.13. The molecular weight excluding hydrogens is 390 g/mol. The molecule has 31 heavy (non-hydrogen) atoms. The lowest BCUT2D eigenvalue weighted by Crippen LogP contribution is -2.38. The van der Waals surface area contributed by atoms with Crippen molar-refractivity contribution in [3.63, 3.8) is 0 Å². The summed E-state index contributed by atoms with van der Waals surface area (Å²) >= 11 is 0. The van der Waals surface area contributed by atoms with Crippen LogP contribution in [0.1, 0.15) is 29.7 Å². The van der Waals surface area contributed by atoms with E-state index >= 15 is 0 Å². The summed E-state index contributed by atoms with van der Waals surface area (Å²) in [4.78, 5) is 22.4. The number of benzene rings is 2. The number of carbonyl (C=O) groups excluding carboxylic acids is 1. The third kappa shape index (κ3) is 4.98. The predicted molar refractivity (Wildman–Crippen MR) is 118 cm³/mol. The number of nitrogens with zero attached hydrogens (tertiary/aromatic N) is 6. The van der Waals surface area contributed by atoms with Gasteiger partial charge in [0, 0.05) is 32.5 Å². The first-order valence-corrected chi connectivity index (χ1v) is 10.1. The summed E-state index contributed by atoms with van der Waals surface area (Å²) in [6, 6.07) is 16.0. The van der Waals surface area contributed by atoms with Crippen LogP contribution in [0, 0.1) is 0 Å². The quantitative estimate of drug-likeness (QED) is 0.502. The van der Waals surface area contributed by atoms with Gasteiger partial charge in [0.05, 0.1) is 18.1 Å². The van der Waals surface area contributed by atoms with E-state index in [9.17, 15) is 4.79 Å². The number of hydrogen-bond acceptors (Lipinski definition) is 4. The second kappa shape index (κ2) is 9.25. The van der Waals surface area contributed by atoms with Gasteiger partial charge in [-0.15, -0.1) is 0 Å². The molecule has 2 heterocycles. The van der Waals surface area contributed by atoms with Crippen molar-refractivity contribution in [1.29, 1.82) is 0 Å². The molecule has 2 amide bonds. The Kier molecular flexibility index (Phi) is 6.07. The van der Waals surface area contributed by atoms with Crippen LogP contribution in [0.25, 0.3) is 5.69 Å². The number of amides is 2. The van der Waals surface area contributed by atoms with Crippen LogP contribution in [-0.4, -0.2) is 42.3 Å².